The number of hydrogen-bond donors (Lipinski definition) is 0. The fourth-order valence-corrected chi connectivity index (χ4v) is 6.43. The van der Waals surface area contributed by atoms with Crippen LogP contribution in [0.15, 0.2) is 18.2 Å². The summed E-state index contributed by atoms with van der Waals surface area (Å²) in [4.78, 5) is 2.84. The van der Waals surface area contributed by atoms with E-state index in [1.54, 1.807) is 11.1 Å². The van der Waals surface area contributed by atoms with Crippen molar-refractivity contribution in [3.63, 3.8) is 0 Å². The summed E-state index contributed by atoms with van der Waals surface area (Å²) in [5, 5.41) is 0. The van der Waals surface area contributed by atoms with Crippen molar-refractivity contribution in [3.8, 4) is 5.75 Å². The minimum atomic E-state index is 0.415. The second-order valence-electron chi connectivity index (χ2n) is 9.78. The van der Waals surface area contributed by atoms with E-state index in [1.807, 2.05) is 0 Å². The molecule has 0 spiro atoms. The van der Waals surface area contributed by atoms with E-state index in [4.69, 9.17) is 4.74 Å². The standard InChI is InChI=1S/C26H41NO/c1-3-5-17-28-24-13-14-25-22(18-24)11-12-23-20-27(16-15-26(23,25)4-2)19-21-9-7-6-8-10-21/h13-14,18,21,23H,3-12,15-17,19-20H2,1-2H3. The van der Waals surface area contributed by atoms with Gasteiger partial charge in [0.25, 0.3) is 0 Å². The van der Waals surface area contributed by atoms with Gasteiger partial charge in [-0.15, -0.1) is 0 Å². The van der Waals surface area contributed by atoms with Crippen LogP contribution in [-0.2, 0) is 11.8 Å². The van der Waals surface area contributed by atoms with Gasteiger partial charge in [-0.1, -0.05) is 45.6 Å². The lowest BCUT2D eigenvalue weighted by atomic mass is 9.58. The highest BCUT2D eigenvalue weighted by atomic mass is 16.5. The first kappa shape index (κ1) is 20.3. The molecule has 1 saturated carbocycles. The number of hydrogen-bond acceptors (Lipinski definition) is 2. The lowest BCUT2D eigenvalue weighted by Crippen LogP contribution is -2.52. The molecule has 1 aromatic carbocycles. The van der Waals surface area contributed by atoms with Crippen LogP contribution in [0.4, 0.5) is 0 Å². The Morgan fingerprint density at radius 3 is 2.75 bits per heavy atom. The van der Waals surface area contributed by atoms with Gasteiger partial charge in [0.15, 0.2) is 0 Å². The molecule has 1 aliphatic heterocycles. The highest BCUT2D eigenvalue weighted by Crippen LogP contribution is 2.50. The minimum Gasteiger partial charge on any atom is -0.494 e. The Bertz CT molecular complexity index is 635. The zero-order valence-corrected chi connectivity index (χ0v) is 18.3. The molecule has 156 valence electrons. The van der Waals surface area contributed by atoms with Gasteiger partial charge < -0.3 is 9.64 Å². The van der Waals surface area contributed by atoms with Gasteiger partial charge in [-0.3, -0.25) is 0 Å². The first-order chi connectivity index (χ1) is 13.7. The fraction of sp³-hybridized carbons (Fsp3) is 0.769. The second kappa shape index (κ2) is 9.20. The number of fused-ring (bicyclic) bond motifs is 3. The number of rotatable bonds is 7. The Hall–Kier alpha value is -1.02. The normalized spacial score (nSPS) is 28.6. The van der Waals surface area contributed by atoms with E-state index in [9.17, 15) is 0 Å². The van der Waals surface area contributed by atoms with E-state index in [0.717, 1.165) is 30.6 Å². The molecule has 28 heavy (non-hydrogen) atoms. The molecule has 2 nitrogen and oxygen atoms in total. The summed E-state index contributed by atoms with van der Waals surface area (Å²) in [5.74, 6) is 2.91. The van der Waals surface area contributed by atoms with E-state index in [-0.39, 0.29) is 0 Å². The maximum atomic E-state index is 6.01. The summed E-state index contributed by atoms with van der Waals surface area (Å²) in [6, 6.07) is 7.05. The maximum Gasteiger partial charge on any atom is 0.119 e. The van der Waals surface area contributed by atoms with Gasteiger partial charge in [0, 0.05) is 18.5 Å². The predicted octanol–water partition coefficient (Wildman–Crippen LogP) is 6.36. The summed E-state index contributed by atoms with van der Waals surface area (Å²) in [6.07, 6.45) is 14.9. The first-order valence-corrected chi connectivity index (χ1v) is 12.2. The van der Waals surface area contributed by atoms with Gasteiger partial charge >= 0.3 is 0 Å². The van der Waals surface area contributed by atoms with Crippen LogP contribution in [0.5, 0.6) is 5.75 Å². The molecule has 0 N–H and O–H groups in total. The number of likely N-dealkylation sites (tertiary alicyclic amines) is 1. The zero-order chi connectivity index (χ0) is 19.4. The molecule has 1 aromatic rings. The van der Waals surface area contributed by atoms with Crippen LogP contribution in [-0.4, -0.2) is 31.1 Å². The van der Waals surface area contributed by atoms with Crippen molar-refractivity contribution >= 4 is 0 Å². The van der Waals surface area contributed by atoms with Crippen LogP contribution in [0.3, 0.4) is 0 Å². The average molecular weight is 384 g/mol. The second-order valence-corrected chi connectivity index (χ2v) is 9.78. The Labute approximate surface area is 173 Å². The summed E-state index contributed by atoms with van der Waals surface area (Å²) in [5.41, 5.74) is 3.65. The molecule has 2 fully saturated rings. The maximum absolute atomic E-state index is 6.01. The molecule has 0 amide bonds. The number of ether oxygens (including phenoxy) is 1. The van der Waals surface area contributed by atoms with Gasteiger partial charge in [0.1, 0.15) is 5.75 Å². The van der Waals surface area contributed by atoms with Crippen LogP contribution in [0, 0.1) is 11.8 Å². The third-order valence-corrected chi connectivity index (χ3v) is 8.15. The van der Waals surface area contributed by atoms with Crippen molar-refractivity contribution in [1.29, 1.82) is 0 Å². The van der Waals surface area contributed by atoms with E-state index in [2.05, 4.69) is 36.9 Å². The van der Waals surface area contributed by atoms with E-state index >= 15 is 0 Å². The fourth-order valence-electron chi connectivity index (χ4n) is 6.43. The molecule has 2 unspecified atom stereocenters. The summed E-state index contributed by atoms with van der Waals surface area (Å²) in [7, 11) is 0. The van der Waals surface area contributed by atoms with Crippen molar-refractivity contribution in [2.24, 2.45) is 11.8 Å². The minimum absolute atomic E-state index is 0.415. The van der Waals surface area contributed by atoms with E-state index in [1.165, 1.54) is 83.8 Å². The molecule has 4 rings (SSSR count). The van der Waals surface area contributed by atoms with Crippen LogP contribution < -0.4 is 4.74 Å². The number of nitrogens with zero attached hydrogens (tertiary/aromatic N) is 1. The summed E-state index contributed by atoms with van der Waals surface area (Å²) < 4.78 is 6.01. The number of aryl methyl sites for hydroxylation is 1. The number of unbranched alkanes of at least 4 members (excludes halogenated alkanes) is 1. The van der Waals surface area contributed by atoms with Crippen LogP contribution in [0.25, 0.3) is 0 Å². The highest BCUT2D eigenvalue weighted by Gasteiger charge is 2.46. The van der Waals surface area contributed by atoms with Gasteiger partial charge in [-0.25, -0.2) is 0 Å². The van der Waals surface area contributed by atoms with Crippen LogP contribution in [0.2, 0.25) is 0 Å². The van der Waals surface area contributed by atoms with Crippen LogP contribution >= 0.6 is 0 Å². The summed E-state index contributed by atoms with van der Waals surface area (Å²) >= 11 is 0. The van der Waals surface area contributed by atoms with Crippen molar-refractivity contribution in [2.45, 2.75) is 89.9 Å². The lowest BCUT2D eigenvalue weighted by molar-refractivity contribution is 0.0583. The van der Waals surface area contributed by atoms with Gasteiger partial charge in [-0.05, 0) is 86.6 Å². The zero-order valence-electron chi connectivity index (χ0n) is 18.3. The quantitative estimate of drug-likeness (QED) is 0.508. The molecule has 1 heterocycles. The lowest BCUT2D eigenvalue weighted by Gasteiger charge is -2.52. The molecule has 3 aliphatic rings. The molecule has 0 radical (unpaired) electrons. The van der Waals surface area contributed by atoms with Gasteiger partial charge in [-0.2, -0.15) is 0 Å². The van der Waals surface area contributed by atoms with E-state index < -0.39 is 0 Å². The summed E-state index contributed by atoms with van der Waals surface area (Å²) in [6.45, 7) is 9.51. The molecule has 2 aliphatic carbocycles. The first-order valence-electron chi connectivity index (χ1n) is 12.2. The molecule has 0 bridgehead atoms. The topological polar surface area (TPSA) is 12.5 Å². The van der Waals surface area contributed by atoms with Gasteiger partial charge in [0.2, 0.25) is 0 Å². The Balaban J connectivity index is 1.45. The predicted molar refractivity (Wildman–Crippen MR) is 118 cm³/mol. The SMILES string of the molecule is CCCCOc1ccc2c(c1)CCC1CN(CC3CCCCC3)CCC21CC. The number of benzene rings is 1. The largest absolute Gasteiger partial charge is 0.494 e. The average Bonchev–Trinajstić information content (AvgIpc) is 2.74. The third kappa shape index (κ3) is 4.13. The van der Waals surface area contributed by atoms with Crippen molar-refractivity contribution in [3.05, 3.63) is 29.3 Å². The van der Waals surface area contributed by atoms with Crippen molar-refractivity contribution < 1.29 is 4.74 Å². The van der Waals surface area contributed by atoms with E-state index in [0.29, 0.717) is 5.41 Å². The molecule has 0 aromatic heterocycles. The Kier molecular flexibility index (Phi) is 6.66. The molecule has 2 atom stereocenters. The number of piperidine rings is 1. The van der Waals surface area contributed by atoms with Crippen molar-refractivity contribution in [2.75, 3.05) is 26.2 Å². The monoisotopic (exact) mass is 383 g/mol. The van der Waals surface area contributed by atoms with Crippen LogP contribution in [0.1, 0.15) is 89.2 Å². The molecular weight excluding hydrogens is 342 g/mol. The third-order valence-electron chi connectivity index (χ3n) is 8.15. The molecule has 1 saturated heterocycles. The van der Waals surface area contributed by atoms with Gasteiger partial charge in [0.05, 0.1) is 6.61 Å². The van der Waals surface area contributed by atoms with Crippen molar-refractivity contribution in [1.82, 2.24) is 4.90 Å². The molecular formula is C26H41NO. The Morgan fingerprint density at radius 1 is 1.11 bits per heavy atom. The Morgan fingerprint density at radius 2 is 1.96 bits per heavy atom. The smallest absolute Gasteiger partial charge is 0.119 e. The highest BCUT2D eigenvalue weighted by molar-refractivity contribution is 5.43. The molecule has 2 heteroatoms.